The van der Waals surface area contributed by atoms with Crippen LogP contribution in [0.25, 0.3) is 0 Å². The molecule has 3 rings (SSSR count). The van der Waals surface area contributed by atoms with E-state index in [-0.39, 0.29) is 10.6 Å². The number of ether oxygens (including phenoxy) is 1. The predicted octanol–water partition coefficient (Wildman–Crippen LogP) is 1.75. The summed E-state index contributed by atoms with van der Waals surface area (Å²) in [5, 5.41) is 14.8. The van der Waals surface area contributed by atoms with Crippen molar-refractivity contribution in [3.63, 3.8) is 0 Å². The average molecular weight is 347 g/mol. The number of methoxy groups -OCH3 is 1. The Hall–Kier alpha value is -2.52. The first-order valence-electron chi connectivity index (χ1n) is 8.09. The number of hydrogen-bond acceptors (Lipinski definition) is 8. The fraction of sp³-hybridized carbons (Fsp3) is 0.500. The van der Waals surface area contributed by atoms with Gasteiger partial charge in [0, 0.05) is 50.6 Å². The Balaban J connectivity index is 1.56. The van der Waals surface area contributed by atoms with Crippen molar-refractivity contribution in [2.24, 2.45) is 0 Å². The van der Waals surface area contributed by atoms with Gasteiger partial charge in [0.2, 0.25) is 5.89 Å². The van der Waals surface area contributed by atoms with Gasteiger partial charge in [-0.05, 0) is 19.1 Å². The van der Waals surface area contributed by atoms with Crippen LogP contribution in [0.3, 0.4) is 0 Å². The van der Waals surface area contributed by atoms with Crippen LogP contribution in [0.4, 0.5) is 11.4 Å². The van der Waals surface area contributed by atoms with Gasteiger partial charge in [-0.25, -0.2) is 0 Å². The zero-order valence-corrected chi connectivity index (χ0v) is 14.3. The standard InChI is InChI=1S/C16H21N5O4/c1-12-9-13(3-4-14(12)21(22)23)20-7-5-19(6-8-20)10-16-17-15(11-24-2)18-25-16/h3-4,9H,5-8,10-11H2,1-2H3. The Labute approximate surface area is 145 Å². The van der Waals surface area contributed by atoms with E-state index in [1.807, 2.05) is 12.1 Å². The molecule has 1 saturated heterocycles. The minimum atomic E-state index is -0.348. The smallest absolute Gasteiger partial charge is 0.272 e. The molecule has 0 saturated carbocycles. The zero-order valence-electron chi connectivity index (χ0n) is 14.3. The number of anilines is 1. The third-order valence-electron chi connectivity index (χ3n) is 4.26. The van der Waals surface area contributed by atoms with Gasteiger partial charge in [0.15, 0.2) is 5.82 Å². The lowest BCUT2D eigenvalue weighted by atomic mass is 10.1. The number of piperazine rings is 1. The third kappa shape index (κ3) is 4.12. The molecule has 0 unspecified atom stereocenters. The van der Waals surface area contributed by atoms with Gasteiger partial charge in [-0.3, -0.25) is 15.0 Å². The number of aryl methyl sites for hydroxylation is 1. The van der Waals surface area contributed by atoms with Crippen LogP contribution in [0.1, 0.15) is 17.3 Å². The van der Waals surface area contributed by atoms with Crippen molar-refractivity contribution in [3.8, 4) is 0 Å². The van der Waals surface area contributed by atoms with Gasteiger partial charge in [0.1, 0.15) is 6.61 Å². The quantitative estimate of drug-likeness (QED) is 0.576. The van der Waals surface area contributed by atoms with E-state index in [2.05, 4.69) is 19.9 Å². The maximum Gasteiger partial charge on any atom is 0.272 e. The maximum atomic E-state index is 10.9. The van der Waals surface area contributed by atoms with E-state index >= 15 is 0 Å². The largest absolute Gasteiger partial charge is 0.377 e. The van der Waals surface area contributed by atoms with Crippen LogP contribution in [-0.4, -0.2) is 53.3 Å². The summed E-state index contributed by atoms with van der Waals surface area (Å²) in [6.45, 7) is 6.13. The second kappa shape index (κ2) is 7.58. The van der Waals surface area contributed by atoms with Crippen molar-refractivity contribution in [3.05, 3.63) is 45.6 Å². The van der Waals surface area contributed by atoms with Crippen molar-refractivity contribution in [2.45, 2.75) is 20.1 Å². The minimum Gasteiger partial charge on any atom is -0.377 e. The van der Waals surface area contributed by atoms with Gasteiger partial charge < -0.3 is 14.2 Å². The number of nitro groups is 1. The van der Waals surface area contributed by atoms with Gasteiger partial charge >= 0.3 is 0 Å². The summed E-state index contributed by atoms with van der Waals surface area (Å²) in [6, 6.07) is 5.27. The Morgan fingerprint density at radius 2 is 2.08 bits per heavy atom. The van der Waals surface area contributed by atoms with E-state index in [0.717, 1.165) is 31.9 Å². The number of hydrogen-bond donors (Lipinski definition) is 0. The van der Waals surface area contributed by atoms with Gasteiger partial charge in [-0.2, -0.15) is 4.98 Å². The van der Waals surface area contributed by atoms with Gasteiger partial charge in [-0.1, -0.05) is 5.16 Å². The third-order valence-corrected chi connectivity index (χ3v) is 4.26. The summed E-state index contributed by atoms with van der Waals surface area (Å²) in [5.74, 6) is 1.14. The normalized spacial score (nSPS) is 15.5. The first-order valence-corrected chi connectivity index (χ1v) is 8.09. The molecule has 2 aromatic rings. The topological polar surface area (TPSA) is 97.8 Å². The SMILES string of the molecule is COCc1noc(CN2CCN(c3ccc([N+](=O)[O-])c(C)c3)CC2)n1. The molecule has 0 N–H and O–H groups in total. The molecule has 134 valence electrons. The molecule has 25 heavy (non-hydrogen) atoms. The predicted molar refractivity (Wildman–Crippen MR) is 90.3 cm³/mol. The van der Waals surface area contributed by atoms with Crippen LogP contribution < -0.4 is 4.90 Å². The number of nitrogens with zero attached hydrogens (tertiary/aromatic N) is 5. The molecule has 0 bridgehead atoms. The molecule has 1 fully saturated rings. The first-order chi connectivity index (χ1) is 12.1. The second-order valence-corrected chi connectivity index (χ2v) is 6.03. The summed E-state index contributed by atoms with van der Waals surface area (Å²) < 4.78 is 10.2. The molecule has 1 aliphatic heterocycles. The molecule has 0 atom stereocenters. The lowest BCUT2D eigenvalue weighted by molar-refractivity contribution is -0.385. The van der Waals surface area contributed by atoms with Gasteiger partial charge in [-0.15, -0.1) is 0 Å². The van der Waals surface area contributed by atoms with E-state index in [1.165, 1.54) is 0 Å². The Kier molecular flexibility index (Phi) is 5.25. The van der Waals surface area contributed by atoms with Crippen LogP contribution in [0, 0.1) is 17.0 Å². The summed E-state index contributed by atoms with van der Waals surface area (Å²) >= 11 is 0. The van der Waals surface area contributed by atoms with Crippen LogP contribution in [0.5, 0.6) is 0 Å². The molecular weight excluding hydrogens is 326 g/mol. The number of rotatable bonds is 6. The van der Waals surface area contributed by atoms with Crippen molar-refractivity contribution < 1.29 is 14.2 Å². The maximum absolute atomic E-state index is 10.9. The zero-order chi connectivity index (χ0) is 17.8. The van der Waals surface area contributed by atoms with Gasteiger partial charge in [0.25, 0.3) is 5.69 Å². The Bertz CT molecular complexity index is 740. The number of benzene rings is 1. The highest BCUT2D eigenvalue weighted by Crippen LogP contribution is 2.25. The van der Waals surface area contributed by atoms with Crippen LogP contribution in [0.2, 0.25) is 0 Å². The molecule has 1 aliphatic rings. The van der Waals surface area contributed by atoms with E-state index in [0.29, 0.717) is 30.4 Å². The molecule has 0 spiro atoms. The van der Waals surface area contributed by atoms with E-state index in [4.69, 9.17) is 9.26 Å². The fourth-order valence-corrected chi connectivity index (χ4v) is 2.94. The number of aromatic nitrogens is 2. The Morgan fingerprint density at radius 3 is 2.72 bits per heavy atom. The van der Waals surface area contributed by atoms with E-state index < -0.39 is 0 Å². The van der Waals surface area contributed by atoms with Crippen molar-refractivity contribution in [1.29, 1.82) is 0 Å². The van der Waals surface area contributed by atoms with Crippen molar-refractivity contribution in [1.82, 2.24) is 15.0 Å². The molecule has 9 heteroatoms. The summed E-state index contributed by atoms with van der Waals surface area (Å²) in [6.07, 6.45) is 0. The summed E-state index contributed by atoms with van der Waals surface area (Å²) in [5.41, 5.74) is 1.86. The first kappa shape index (κ1) is 17.3. The second-order valence-electron chi connectivity index (χ2n) is 6.03. The van der Waals surface area contributed by atoms with Gasteiger partial charge in [0.05, 0.1) is 11.5 Å². The lowest BCUT2D eigenvalue weighted by Gasteiger charge is -2.35. The monoisotopic (exact) mass is 347 g/mol. The fourth-order valence-electron chi connectivity index (χ4n) is 2.94. The molecule has 0 aliphatic carbocycles. The summed E-state index contributed by atoms with van der Waals surface area (Å²) in [7, 11) is 1.59. The molecular formula is C16H21N5O4. The highest BCUT2D eigenvalue weighted by Gasteiger charge is 2.21. The van der Waals surface area contributed by atoms with Crippen LogP contribution in [0.15, 0.2) is 22.7 Å². The Morgan fingerprint density at radius 1 is 1.32 bits per heavy atom. The van der Waals surface area contributed by atoms with E-state index in [9.17, 15) is 10.1 Å². The average Bonchev–Trinajstić information content (AvgIpc) is 3.02. The molecule has 1 aromatic heterocycles. The summed E-state index contributed by atoms with van der Waals surface area (Å²) in [4.78, 5) is 19.3. The molecule has 2 heterocycles. The van der Waals surface area contributed by atoms with E-state index in [1.54, 1.807) is 20.1 Å². The van der Waals surface area contributed by atoms with Crippen LogP contribution >= 0.6 is 0 Å². The molecule has 0 radical (unpaired) electrons. The molecule has 1 aromatic carbocycles. The highest BCUT2D eigenvalue weighted by atomic mass is 16.6. The lowest BCUT2D eigenvalue weighted by Crippen LogP contribution is -2.46. The molecule has 9 nitrogen and oxygen atoms in total. The van der Waals surface area contributed by atoms with Crippen molar-refractivity contribution >= 4 is 11.4 Å². The highest BCUT2D eigenvalue weighted by molar-refractivity contribution is 5.55. The van der Waals surface area contributed by atoms with Crippen LogP contribution in [-0.2, 0) is 17.9 Å². The minimum absolute atomic E-state index is 0.158. The number of nitro benzene ring substituents is 1. The van der Waals surface area contributed by atoms with Crippen molar-refractivity contribution in [2.75, 3.05) is 38.2 Å². The molecule has 0 amide bonds.